The Morgan fingerprint density at radius 2 is 1.32 bits per heavy atom. The van der Waals surface area contributed by atoms with Crippen molar-refractivity contribution in [1.82, 2.24) is 0 Å². The van der Waals surface area contributed by atoms with E-state index in [4.69, 9.17) is 10.2 Å². The molecule has 0 saturated carbocycles. The molecule has 0 aliphatic heterocycles. The summed E-state index contributed by atoms with van der Waals surface area (Å²) in [5.74, 6) is 0. The molecule has 2 aliphatic rings. The van der Waals surface area contributed by atoms with Crippen LogP contribution in [0.2, 0.25) is 0 Å². The van der Waals surface area contributed by atoms with Gasteiger partial charge in [0.25, 0.3) is 0 Å². The van der Waals surface area contributed by atoms with E-state index in [0.717, 1.165) is 25.7 Å². The van der Waals surface area contributed by atoms with E-state index in [1.807, 2.05) is 0 Å². The van der Waals surface area contributed by atoms with Gasteiger partial charge in [-0.3, -0.25) is 0 Å². The normalized spacial score (nSPS) is 15.6. The third-order valence-electron chi connectivity index (χ3n) is 3.83. The smallest absolute Gasteiger partial charge is 1.00 e. The molecule has 2 rings (SSSR count). The molecule has 2 aliphatic carbocycles. The van der Waals surface area contributed by atoms with Gasteiger partial charge in [0, 0.05) is 0 Å². The van der Waals surface area contributed by atoms with Gasteiger partial charge in [-0.2, -0.15) is 0 Å². The molecule has 0 aromatic rings. The van der Waals surface area contributed by atoms with Gasteiger partial charge >= 0.3 is 129 Å². The Morgan fingerprint density at radius 3 is 1.64 bits per heavy atom. The summed E-state index contributed by atoms with van der Waals surface area (Å²) in [4.78, 5) is 0. The molecule has 0 aromatic heterocycles. The van der Waals surface area contributed by atoms with Crippen LogP contribution in [0.4, 0.5) is 0 Å². The molecular formula is C17H24Cl2O2Zr. The number of aliphatic hydroxyl groups excluding tert-OH is 2. The Hall–Kier alpha value is 0.213. The van der Waals surface area contributed by atoms with Gasteiger partial charge in [-0.1, -0.05) is 0 Å². The SMILES string of the molecule is C[C](C)=[Zr+2]([C]1=CC(CCO)=CC1)[C]1=CC(CCO)=CC1.[Cl-].[Cl-]. The monoisotopic (exact) mass is 420 g/mol. The number of hydrogen-bond acceptors (Lipinski definition) is 2. The first-order chi connectivity index (χ1) is 9.65. The van der Waals surface area contributed by atoms with Crippen molar-refractivity contribution < 1.29 is 56.3 Å². The fourth-order valence-electron chi connectivity index (χ4n) is 2.97. The standard InChI is InChI=1S/2C7H9O.C3H6.2ClH.Zr/c2*8-6-5-7-3-1-2-4-7;1-3-2;;;/h2*3-4,8H,1,5-6H2;1-2H3;2*1H;/q;;;;;+2/p-2. The maximum Gasteiger partial charge on any atom is -1.00 e. The summed E-state index contributed by atoms with van der Waals surface area (Å²) in [5.41, 5.74) is 2.62. The number of aliphatic hydroxyl groups is 2. The molecule has 0 saturated heterocycles. The van der Waals surface area contributed by atoms with Crippen molar-refractivity contribution in [2.24, 2.45) is 0 Å². The topological polar surface area (TPSA) is 40.5 Å². The van der Waals surface area contributed by atoms with Crippen LogP contribution in [0.3, 0.4) is 0 Å². The summed E-state index contributed by atoms with van der Waals surface area (Å²) < 4.78 is 4.89. The summed E-state index contributed by atoms with van der Waals surface area (Å²) in [6, 6.07) is 0. The first-order valence-electron chi connectivity index (χ1n) is 7.35. The van der Waals surface area contributed by atoms with Crippen molar-refractivity contribution >= 4 is 3.21 Å². The van der Waals surface area contributed by atoms with Crippen molar-refractivity contribution in [2.75, 3.05) is 13.2 Å². The van der Waals surface area contributed by atoms with E-state index < -0.39 is 21.3 Å². The van der Waals surface area contributed by atoms with Gasteiger partial charge in [0.1, 0.15) is 0 Å². The average Bonchev–Trinajstić information content (AvgIpc) is 3.01. The molecule has 0 amide bonds. The zero-order valence-electron chi connectivity index (χ0n) is 13.2. The molecule has 0 unspecified atom stereocenters. The molecule has 0 spiro atoms. The Morgan fingerprint density at radius 1 is 0.909 bits per heavy atom. The van der Waals surface area contributed by atoms with E-state index in [1.165, 1.54) is 11.1 Å². The van der Waals surface area contributed by atoms with Crippen LogP contribution in [0.1, 0.15) is 39.5 Å². The molecule has 2 N–H and O–H groups in total. The minimum absolute atomic E-state index is 0. The zero-order chi connectivity index (χ0) is 14.5. The number of rotatable bonds is 6. The van der Waals surface area contributed by atoms with Gasteiger partial charge in [-0.15, -0.1) is 0 Å². The Balaban J connectivity index is 0.00000220. The van der Waals surface area contributed by atoms with E-state index in [1.54, 1.807) is 9.77 Å². The maximum atomic E-state index is 9.06. The van der Waals surface area contributed by atoms with E-state index in [2.05, 4.69) is 38.2 Å². The second-order valence-electron chi connectivity index (χ2n) is 5.63. The third-order valence-corrected chi connectivity index (χ3v) is 11.2. The molecule has 0 atom stereocenters. The minimum atomic E-state index is -1.82. The summed E-state index contributed by atoms with van der Waals surface area (Å²) in [7, 11) is 0. The second kappa shape index (κ2) is 10.9. The molecule has 5 heteroatoms. The fourth-order valence-corrected chi connectivity index (χ4v) is 10.3. The number of halogens is 2. The van der Waals surface area contributed by atoms with Gasteiger partial charge < -0.3 is 24.8 Å². The Labute approximate surface area is 153 Å². The molecule has 2 nitrogen and oxygen atoms in total. The molecule has 0 fully saturated rings. The van der Waals surface area contributed by atoms with Crippen molar-refractivity contribution in [3.05, 3.63) is 42.0 Å². The minimum Gasteiger partial charge on any atom is -1.00 e. The van der Waals surface area contributed by atoms with Gasteiger partial charge in [0.05, 0.1) is 0 Å². The first kappa shape index (κ1) is 22.2. The van der Waals surface area contributed by atoms with Crippen molar-refractivity contribution in [3.63, 3.8) is 0 Å². The van der Waals surface area contributed by atoms with Crippen molar-refractivity contribution in [1.29, 1.82) is 0 Å². The quantitative estimate of drug-likeness (QED) is 0.480. The molecular weight excluding hydrogens is 398 g/mol. The van der Waals surface area contributed by atoms with Crippen LogP contribution < -0.4 is 24.8 Å². The molecule has 0 bridgehead atoms. The zero-order valence-corrected chi connectivity index (χ0v) is 17.2. The summed E-state index contributed by atoms with van der Waals surface area (Å²) in [6.45, 7) is 5.05. The summed E-state index contributed by atoms with van der Waals surface area (Å²) >= 11 is -1.82. The van der Waals surface area contributed by atoms with E-state index in [0.29, 0.717) is 0 Å². The van der Waals surface area contributed by atoms with Crippen LogP contribution in [0.25, 0.3) is 0 Å². The van der Waals surface area contributed by atoms with E-state index >= 15 is 0 Å². The summed E-state index contributed by atoms with van der Waals surface area (Å²) in [5, 5.41) is 18.1. The molecule has 122 valence electrons. The molecule has 22 heavy (non-hydrogen) atoms. The van der Waals surface area contributed by atoms with Gasteiger partial charge in [0.15, 0.2) is 0 Å². The van der Waals surface area contributed by atoms with Gasteiger partial charge in [0.2, 0.25) is 0 Å². The van der Waals surface area contributed by atoms with Crippen LogP contribution in [-0.2, 0) is 21.3 Å². The second-order valence-corrected chi connectivity index (χ2v) is 13.1. The fraction of sp³-hybridized carbons (Fsp3) is 0.471. The maximum absolute atomic E-state index is 9.06. The van der Waals surface area contributed by atoms with Gasteiger partial charge in [-0.05, 0) is 0 Å². The van der Waals surface area contributed by atoms with Crippen LogP contribution in [0.15, 0.2) is 42.0 Å². The summed E-state index contributed by atoms with van der Waals surface area (Å²) in [6.07, 6.45) is 13.0. The predicted octanol–water partition coefficient (Wildman–Crippen LogP) is -2.98. The van der Waals surface area contributed by atoms with E-state index in [-0.39, 0.29) is 38.0 Å². The molecule has 0 heterocycles. The largest absolute Gasteiger partial charge is 1.00 e. The first-order valence-corrected chi connectivity index (χ1v) is 11.0. The van der Waals surface area contributed by atoms with Crippen LogP contribution >= 0.6 is 0 Å². The predicted molar refractivity (Wildman–Crippen MR) is 81.3 cm³/mol. The number of hydrogen-bond donors (Lipinski definition) is 2. The average molecular weight is 423 g/mol. The Bertz CT molecular complexity index is 497. The third kappa shape index (κ3) is 5.69. The van der Waals surface area contributed by atoms with Crippen LogP contribution in [0.5, 0.6) is 0 Å². The molecule has 0 aromatic carbocycles. The van der Waals surface area contributed by atoms with Crippen LogP contribution in [-0.4, -0.2) is 26.6 Å². The van der Waals surface area contributed by atoms with Crippen molar-refractivity contribution in [2.45, 2.75) is 39.5 Å². The number of allylic oxidation sites excluding steroid dienone is 6. The van der Waals surface area contributed by atoms with Crippen LogP contribution in [0, 0.1) is 0 Å². The Kier molecular flexibility index (Phi) is 11.0. The van der Waals surface area contributed by atoms with Gasteiger partial charge in [-0.25, -0.2) is 0 Å². The van der Waals surface area contributed by atoms with Crippen molar-refractivity contribution in [3.8, 4) is 0 Å². The van der Waals surface area contributed by atoms with E-state index in [9.17, 15) is 0 Å². The molecule has 0 radical (unpaired) electrons.